The van der Waals surface area contributed by atoms with E-state index in [9.17, 15) is 0 Å². The number of nitrogens with zero attached hydrogens (tertiary/aromatic N) is 1. The van der Waals surface area contributed by atoms with Gasteiger partial charge in [0.2, 0.25) is 0 Å². The number of pyridine rings is 1. The lowest BCUT2D eigenvalue weighted by atomic mass is 9.92. The molecular formula is C43H28NOPS. The lowest BCUT2D eigenvalue weighted by Crippen LogP contribution is -2.25. The zero-order valence-electron chi connectivity index (χ0n) is 25.4. The number of para-hydroxylation sites is 1. The van der Waals surface area contributed by atoms with Crippen molar-refractivity contribution >= 4 is 76.2 Å². The first-order valence-corrected chi connectivity index (χ1v) is 18.3. The molecule has 0 saturated carbocycles. The second-order valence-electron chi connectivity index (χ2n) is 11.8. The molecule has 0 aliphatic rings. The molecule has 47 heavy (non-hydrogen) atoms. The quantitative estimate of drug-likeness (QED) is 0.139. The molecule has 0 unspecified atom stereocenters. The Labute approximate surface area is 277 Å². The summed E-state index contributed by atoms with van der Waals surface area (Å²) in [7, 11) is -3.16. The Morgan fingerprint density at radius 3 is 1.77 bits per heavy atom. The van der Waals surface area contributed by atoms with Gasteiger partial charge in [-0.3, -0.25) is 0 Å². The maximum absolute atomic E-state index is 15.4. The van der Waals surface area contributed by atoms with Crippen LogP contribution in [-0.4, -0.2) is 4.98 Å². The molecule has 7 aromatic carbocycles. The van der Waals surface area contributed by atoms with E-state index in [-0.39, 0.29) is 0 Å². The van der Waals surface area contributed by atoms with Gasteiger partial charge in [0.05, 0.1) is 11.2 Å². The molecule has 0 spiro atoms. The Morgan fingerprint density at radius 1 is 0.468 bits per heavy atom. The van der Waals surface area contributed by atoms with Crippen LogP contribution in [0.3, 0.4) is 0 Å². The molecule has 2 heterocycles. The normalized spacial score (nSPS) is 11.9. The molecule has 4 heteroatoms. The highest BCUT2D eigenvalue weighted by Crippen LogP contribution is 2.49. The number of benzene rings is 7. The van der Waals surface area contributed by atoms with Gasteiger partial charge in [-0.2, -0.15) is 0 Å². The largest absolute Gasteiger partial charge is 0.309 e. The average molecular weight is 638 g/mol. The summed E-state index contributed by atoms with van der Waals surface area (Å²) in [4.78, 5) is 5.27. The van der Waals surface area contributed by atoms with Crippen molar-refractivity contribution < 1.29 is 4.57 Å². The molecule has 0 saturated heterocycles. The van der Waals surface area contributed by atoms with Crippen LogP contribution in [-0.2, 0) is 4.57 Å². The van der Waals surface area contributed by atoms with Gasteiger partial charge in [-0.1, -0.05) is 146 Å². The van der Waals surface area contributed by atoms with Gasteiger partial charge in [-0.15, -0.1) is 11.3 Å². The van der Waals surface area contributed by atoms with Crippen LogP contribution >= 0.6 is 18.5 Å². The van der Waals surface area contributed by atoms with Crippen molar-refractivity contribution in [1.82, 2.24) is 4.98 Å². The molecule has 2 nitrogen and oxygen atoms in total. The van der Waals surface area contributed by atoms with Crippen molar-refractivity contribution in [2.24, 2.45) is 0 Å². The highest BCUT2D eigenvalue weighted by Gasteiger charge is 2.30. The number of rotatable bonds is 5. The molecule has 0 bridgehead atoms. The lowest BCUT2D eigenvalue weighted by molar-refractivity contribution is 0.592. The Balaban J connectivity index is 1.40. The molecule has 0 N–H and O–H groups in total. The van der Waals surface area contributed by atoms with Gasteiger partial charge in [0.25, 0.3) is 0 Å². The molecular weight excluding hydrogens is 610 g/mol. The summed E-state index contributed by atoms with van der Waals surface area (Å²) in [5, 5.41) is 8.45. The third kappa shape index (κ3) is 4.47. The molecule has 0 fully saturated rings. The van der Waals surface area contributed by atoms with Crippen molar-refractivity contribution in [3.63, 3.8) is 0 Å². The van der Waals surface area contributed by atoms with Crippen molar-refractivity contribution in [3.8, 4) is 22.4 Å². The smallest absolute Gasteiger partial charge is 0.171 e. The van der Waals surface area contributed by atoms with Gasteiger partial charge in [0, 0.05) is 63.4 Å². The molecule has 2 aromatic heterocycles. The average Bonchev–Trinajstić information content (AvgIpc) is 3.54. The Hall–Kier alpha value is -5.34. The van der Waals surface area contributed by atoms with E-state index < -0.39 is 7.14 Å². The fourth-order valence-electron chi connectivity index (χ4n) is 6.95. The van der Waals surface area contributed by atoms with Crippen molar-refractivity contribution in [2.45, 2.75) is 0 Å². The zero-order chi connectivity index (χ0) is 31.4. The minimum absolute atomic E-state index is 0.821. The first-order chi connectivity index (χ1) is 23.2. The van der Waals surface area contributed by atoms with Gasteiger partial charge in [0.15, 0.2) is 7.14 Å². The van der Waals surface area contributed by atoms with E-state index in [1.54, 1.807) is 0 Å². The van der Waals surface area contributed by atoms with Gasteiger partial charge >= 0.3 is 0 Å². The number of thiophene rings is 1. The van der Waals surface area contributed by atoms with Crippen LogP contribution in [0.25, 0.3) is 64.2 Å². The zero-order valence-corrected chi connectivity index (χ0v) is 27.1. The van der Waals surface area contributed by atoms with Crippen LogP contribution in [0.4, 0.5) is 0 Å². The number of fused-ring (bicyclic) bond motifs is 7. The predicted octanol–water partition coefficient (Wildman–Crippen LogP) is 10.7. The van der Waals surface area contributed by atoms with Crippen LogP contribution in [0.1, 0.15) is 0 Å². The molecule has 0 atom stereocenters. The number of hydrogen-bond donors (Lipinski definition) is 0. The maximum Gasteiger partial charge on any atom is 0.171 e. The van der Waals surface area contributed by atoms with Crippen LogP contribution in [0, 0.1) is 0 Å². The molecule has 0 aliphatic heterocycles. The van der Waals surface area contributed by atoms with E-state index in [1.165, 1.54) is 25.6 Å². The summed E-state index contributed by atoms with van der Waals surface area (Å²) in [5.41, 5.74) is 5.20. The predicted molar refractivity (Wildman–Crippen MR) is 202 cm³/mol. The van der Waals surface area contributed by atoms with E-state index >= 15 is 4.57 Å². The molecule has 0 radical (unpaired) electrons. The fourth-order valence-corrected chi connectivity index (χ4v) is 10.9. The highest BCUT2D eigenvalue weighted by atomic mass is 32.1. The Bertz CT molecular complexity index is 2600. The summed E-state index contributed by atoms with van der Waals surface area (Å²) in [5.74, 6) is 0. The first kappa shape index (κ1) is 27.9. The molecule has 0 amide bonds. The maximum atomic E-state index is 15.4. The van der Waals surface area contributed by atoms with E-state index in [4.69, 9.17) is 4.98 Å². The van der Waals surface area contributed by atoms with Crippen LogP contribution in [0.15, 0.2) is 170 Å². The van der Waals surface area contributed by atoms with Crippen molar-refractivity contribution in [3.05, 3.63) is 170 Å². The van der Waals surface area contributed by atoms with Crippen molar-refractivity contribution in [2.75, 3.05) is 0 Å². The lowest BCUT2D eigenvalue weighted by Gasteiger charge is -2.21. The van der Waals surface area contributed by atoms with Crippen LogP contribution in [0.2, 0.25) is 0 Å². The third-order valence-electron chi connectivity index (χ3n) is 9.12. The second kappa shape index (κ2) is 11.2. The SMILES string of the molecule is O=P(c1ccccc1)(c1ccccc1)c1cccc(-c2cc3c(-c4ccccc4)nc4ccccc4c3c3c2sc2ccccc23)c1. The van der Waals surface area contributed by atoms with E-state index in [0.717, 1.165) is 54.6 Å². The summed E-state index contributed by atoms with van der Waals surface area (Å²) in [6.07, 6.45) is 0. The molecule has 9 aromatic rings. The van der Waals surface area contributed by atoms with Crippen molar-refractivity contribution in [1.29, 1.82) is 0 Å². The van der Waals surface area contributed by atoms with E-state index in [1.807, 2.05) is 84.1 Å². The Morgan fingerprint density at radius 2 is 1.04 bits per heavy atom. The minimum atomic E-state index is -3.16. The second-order valence-corrected chi connectivity index (χ2v) is 15.6. The summed E-state index contributed by atoms with van der Waals surface area (Å²) >= 11 is 1.82. The summed E-state index contributed by atoms with van der Waals surface area (Å²) in [6.45, 7) is 0. The van der Waals surface area contributed by atoms with Gasteiger partial charge in [-0.25, -0.2) is 4.98 Å². The van der Waals surface area contributed by atoms with E-state index in [2.05, 4.69) is 97.1 Å². The standard InChI is InChI=1S/C43H28NOPS/c45-46(31-18-6-2-7-19-31,32-20-8-3-9-21-32)33-22-14-17-30(27-33)36-28-37-40(41-35-24-11-13-26-39(35)47-43(36)41)34-23-10-12-25-38(34)44-42(37)29-15-4-1-5-16-29/h1-28H. The number of aromatic nitrogens is 1. The third-order valence-corrected chi connectivity index (χ3v) is 13.4. The topological polar surface area (TPSA) is 30.0 Å². The van der Waals surface area contributed by atoms with Gasteiger partial charge in [0.1, 0.15) is 0 Å². The molecule has 0 aliphatic carbocycles. The van der Waals surface area contributed by atoms with Gasteiger partial charge < -0.3 is 4.57 Å². The monoisotopic (exact) mass is 637 g/mol. The number of hydrogen-bond acceptors (Lipinski definition) is 3. The first-order valence-electron chi connectivity index (χ1n) is 15.7. The fraction of sp³-hybridized carbons (Fsp3) is 0. The summed E-state index contributed by atoms with van der Waals surface area (Å²) < 4.78 is 17.9. The van der Waals surface area contributed by atoms with Crippen LogP contribution in [0.5, 0.6) is 0 Å². The van der Waals surface area contributed by atoms with Gasteiger partial charge in [-0.05, 0) is 29.8 Å². The Kier molecular flexibility index (Phi) is 6.64. The minimum Gasteiger partial charge on any atom is -0.309 e. The van der Waals surface area contributed by atoms with E-state index in [0.29, 0.717) is 0 Å². The summed E-state index contributed by atoms with van der Waals surface area (Å²) in [6, 6.07) is 58.2. The van der Waals surface area contributed by atoms with Crippen LogP contribution < -0.4 is 15.9 Å². The molecule has 222 valence electrons. The molecule has 9 rings (SSSR count). The highest BCUT2D eigenvalue weighted by molar-refractivity contribution is 7.85.